The van der Waals surface area contributed by atoms with Gasteiger partial charge in [0.2, 0.25) is 0 Å². The van der Waals surface area contributed by atoms with Crippen LogP contribution in [0.25, 0.3) is 0 Å². The summed E-state index contributed by atoms with van der Waals surface area (Å²) in [6.45, 7) is 4.15. The van der Waals surface area contributed by atoms with E-state index in [9.17, 15) is 0 Å². The lowest BCUT2D eigenvalue weighted by Gasteiger charge is -2.29. The summed E-state index contributed by atoms with van der Waals surface area (Å²) in [5, 5.41) is 0. The Morgan fingerprint density at radius 1 is 1.14 bits per heavy atom. The third kappa shape index (κ3) is 2.42. The minimum Gasteiger partial charge on any atom is -0.497 e. The highest BCUT2D eigenvalue weighted by atomic mass is 16.5. The summed E-state index contributed by atoms with van der Waals surface area (Å²) in [7, 11) is 3.28. The van der Waals surface area contributed by atoms with Gasteiger partial charge in [0.05, 0.1) is 26.4 Å². The van der Waals surface area contributed by atoms with Gasteiger partial charge < -0.3 is 18.9 Å². The van der Waals surface area contributed by atoms with E-state index in [1.165, 1.54) is 0 Å². The van der Waals surface area contributed by atoms with Crippen molar-refractivity contribution < 1.29 is 18.9 Å². The van der Waals surface area contributed by atoms with Crippen molar-refractivity contribution in [1.82, 2.24) is 0 Å². The number of fused-ring (bicyclic) bond motifs is 2. The van der Waals surface area contributed by atoms with Gasteiger partial charge in [-0.2, -0.15) is 0 Å². The van der Waals surface area contributed by atoms with Crippen molar-refractivity contribution >= 4 is 0 Å². The molecule has 1 aliphatic rings. The van der Waals surface area contributed by atoms with E-state index < -0.39 is 0 Å². The van der Waals surface area contributed by atoms with Crippen molar-refractivity contribution in [2.24, 2.45) is 0 Å². The predicted molar refractivity (Wildman–Crippen MR) is 84.1 cm³/mol. The van der Waals surface area contributed by atoms with Gasteiger partial charge in [0, 0.05) is 5.56 Å². The lowest BCUT2D eigenvalue weighted by molar-refractivity contribution is 0.0936. The molecule has 0 bridgehead atoms. The Labute approximate surface area is 129 Å². The summed E-state index contributed by atoms with van der Waals surface area (Å²) >= 11 is 0. The number of benzene rings is 2. The molecule has 1 unspecified atom stereocenters. The van der Waals surface area contributed by atoms with Crippen molar-refractivity contribution in [2.45, 2.75) is 6.10 Å². The Morgan fingerprint density at radius 3 is 2.73 bits per heavy atom. The molecular weight excluding hydrogens is 280 g/mol. The second-order valence-corrected chi connectivity index (χ2v) is 4.88. The number of hydrogen-bond donors (Lipinski definition) is 0. The van der Waals surface area contributed by atoms with E-state index in [2.05, 4.69) is 6.58 Å². The van der Waals surface area contributed by atoms with E-state index in [0.29, 0.717) is 6.61 Å². The molecule has 2 aromatic carbocycles. The highest BCUT2D eigenvalue weighted by molar-refractivity contribution is 5.58. The van der Waals surface area contributed by atoms with Crippen LogP contribution in [0, 0.1) is 0 Å². The highest BCUT2D eigenvalue weighted by Crippen LogP contribution is 2.49. The van der Waals surface area contributed by atoms with Crippen LogP contribution in [0.1, 0.15) is 17.2 Å². The number of ether oxygens (including phenoxy) is 4. The molecule has 0 aliphatic carbocycles. The molecule has 0 saturated heterocycles. The minimum atomic E-state index is -0.289. The van der Waals surface area contributed by atoms with Gasteiger partial charge >= 0.3 is 0 Å². The van der Waals surface area contributed by atoms with E-state index >= 15 is 0 Å². The lowest BCUT2D eigenvalue weighted by atomic mass is 9.95. The zero-order chi connectivity index (χ0) is 15.5. The molecule has 22 heavy (non-hydrogen) atoms. The Kier molecular flexibility index (Phi) is 4.02. The molecule has 1 heterocycles. The van der Waals surface area contributed by atoms with Crippen molar-refractivity contribution in [3.63, 3.8) is 0 Å². The molecule has 0 amide bonds. The largest absolute Gasteiger partial charge is 0.497 e. The summed E-state index contributed by atoms with van der Waals surface area (Å²) in [6.07, 6.45) is 1.44. The summed E-state index contributed by atoms with van der Waals surface area (Å²) in [5.74, 6) is 3.00. The maximum Gasteiger partial charge on any atom is 0.137 e. The fourth-order valence-electron chi connectivity index (χ4n) is 2.61. The molecule has 1 atom stereocenters. The van der Waals surface area contributed by atoms with Crippen LogP contribution in [0.2, 0.25) is 0 Å². The van der Waals surface area contributed by atoms with Crippen LogP contribution in [-0.2, 0) is 4.74 Å². The molecule has 0 fully saturated rings. The fraction of sp³-hybridized carbons (Fsp3) is 0.222. The first-order valence-corrected chi connectivity index (χ1v) is 7.03. The van der Waals surface area contributed by atoms with E-state index in [0.717, 1.165) is 34.1 Å². The molecule has 2 aromatic rings. The molecule has 0 saturated carbocycles. The molecule has 1 aliphatic heterocycles. The number of rotatable bonds is 5. The second kappa shape index (κ2) is 6.12. The van der Waals surface area contributed by atoms with Gasteiger partial charge in [0.1, 0.15) is 29.1 Å². The fourth-order valence-corrected chi connectivity index (χ4v) is 2.61. The van der Waals surface area contributed by atoms with Crippen LogP contribution < -0.4 is 14.2 Å². The van der Waals surface area contributed by atoms with E-state index in [1.807, 2.05) is 36.4 Å². The van der Waals surface area contributed by atoms with Crippen molar-refractivity contribution in [2.75, 3.05) is 20.8 Å². The summed E-state index contributed by atoms with van der Waals surface area (Å²) < 4.78 is 22.8. The van der Waals surface area contributed by atoms with Gasteiger partial charge in [-0.3, -0.25) is 0 Å². The first kappa shape index (κ1) is 14.5. The van der Waals surface area contributed by atoms with Crippen molar-refractivity contribution in [3.8, 4) is 23.0 Å². The average molecular weight is 298 g/mol. The second-order valence-electron chi connectivity index (χ2n) is 4.88. The van der Waals surface area contributed by atoms with Crippen LogP contribution in [0.5, 0.6) is 23.0 Å². The molecule has 0 radical (unpaired) electrons. The van der Waals surface area contributed by atoms with Crippen LogP contribution >= 0.6 is 0 Å². The van der Waals surface area contributed by atoms with E-state index in [1.54, 1.807) is 20.3 Å². The summed E-state index contributed by atoms with van der Waals surface area (Å²) in [5.41, 5.74) is 1.80. The first-order valence-electron chi connectivity index (χ1n) is 7.03. The van der Waals surface area contributed by atoms with Gasteiger partial charge in [-0.15, -0.1) is 6.58 Å². The van der Waals surface area contributed by atoms with Gasteiger partial charge in [-0.1, -0.05) is 12.1 Å². The minimum absolute atomic E-state index is 0.289. The molecule has 4 nitrogen and oxygen atoms in total. The van der Waals surface area contributed by atoms with Gasteiger partial charge in [-0.05, 0) is 30.3 Å². The van der Waals surface area contributed by atoms with Crippen LogP contribution in [-0.4, -0.2) is 20.8 Å². The van der Waals surface area contributed by atoms with Crippen LogP contribution in [0.4, 0.5) is 0 Å². The zero-order valence-corrected chi connectivity index (χ0v) is 12.7. The van der Waals surface area contributed by atoms with Crippen LogP contribution in [0.15, 0.2) is 49.1 Å². The third-order valence-corrected chi connectivity index (χ3v) is 3.61. The lowest BCUT2D eigenvalue weighted by Crippen LogP contribution is -2.15. The quantitative estimate of drug-likeness (QED) is 0.779. The molecule has 3 rings (SSSR count). The van der Waals surface area contributed by atoms with Crippen molar-refractivity contribution in [1.29, 1.82) is 0 Å². The SMILES string of the molecule is C=CCOC1c2cc(OC)ccc2Oc2cccc(OC)c21. The topological polar surface area (TPSA) is 36.9 Å². The maximum absolute atomic E-state index is 5.99. The van der Waals surface area contributed by atoms with Crippen molar-refractivity contribution in [3.05, 3.63) is 60.2 Å². The van der Waals surface area contributed by atoms with E-state index in [-0.39, 0.29) is 6.10 Å². The third-order valence-electron chi connectivity index (χ3n) is 3.61. The first-order chi connectivity index (χ1) is 10.8. The average Bonchev–Trinajstić information content (AvgIpc) is 2.57. The maximum atomic E-state index is 5.99. The molecule has 0 N–H and O–H groups in total. The Hall–Kier alpha value is -2.46. The number of methoxy groups -OCH3 is 2. The molecule has 4 heteroatoms. The van der Waals surface area contributed by atoms with Crippen LogP contribution in [0.3, 0.4) is 0 Å². The molecule has 0 aromatic heterocycles. The normalized spacial score (nSPS) is 15.3. The standard InChI is InChI=1S/C18H18O4/c1-4-10-21-18-13-11-12(19-2)8-9-14(13)22-16-7-5-6-15(20-3)17(16)18/h4-9,11,18H,1,10H2,2-3H3. The van der Waals surface area contributed by atoms with Gasteiger partial charge in [-0.25, -0.2) is 0 Å². The summed E-state index contributed by atoms with van der Waals surface area (Å²) in [6, 6.07) is 11.4. The highest BCUT2D eigenvalue weighted by Gasteiger charge is 2.31. The van der Waals surface area contributed by atoms with Gasteiger partial charge in [0.15, 0.2) is 0 Å². The monoisotopic (exact) mass is 298 g/mol. The smallest absolute Gasteiger partial charge is 0.137 e. The molecular formula is C18H18O4. The Bertz CT molecular complexity index is 693. The van der Waals surface area contributed by atoms with Gasteiger partial charge in [0.25, 0.3) is 0 Å². The summed E-state index contributed by atoms with van der Waals surface area (Å²) in [4.78, 5) is 0. The zero-order valence-electron chi connectivity index (χ0n) is 12.7. The Balaban J connectivity index is 2.14. The Morgan fingerprint density at radius 2 is 2.00 bits per heavy atom. The molecule has 114 valence electrons. The number of hydrogen-bond acceptors (Lipinski definition) is 4. The molecule has 0 spiro atoms. The van der Waals surface area contributed by atoms with E-state index in [4.69, 9.17) is 18.9 Å². The predicted octanol–water partition coefficient (Wildman–Crippen LogP) is 4.10.